The number of hydrogen-bond acceptors (Lipinski definition) is 6. The van der Waals surface area contributed by atoms with Gasteiger partial charge in [0.2, 0.25) is 5.95 Å². The third kappa shape index (κ3) is 6.09. The fraction of sp³-hybridized carbons (Fsp3) is 0.607. The molecule has 3 aliphatic rings. The number of carbonyl (C=O) groups excluding carboxylic acids is 1. The Balaban J connectivity index is 1.12. The molecule has 8 nitrogen and oxygen atoms in total. The number of benzene rings is 1. The number of nitrogens with zero attached hydrogens (tertiary/aromatic N) is 6. The summed E-state index contributed by atoms with van der Waals surface area (Å²) in [4.78, 5) is 31.2. The first-order chi connectivity index (χ1) is 17.7. The van der Waals surface area contributed by atoms with Gasteiger partial charge in [-0.25, -0.2) is 9.78 Å². The Morgan fingerprint density at radius 2 is 1.67 bits per heavy atom. The normalized spacial score (nSPS) is 22.2. The maximum absolute atomic E-state index is 13.0. The van der Waals surface area contributed by atoms with E-state index in [0.29, 0.717) is 12.1 Å². The van der Waals surface area contributed by atoms with Crippen molar-refractivity contribution < 1.29 is 4.79 Å². The number of likely N-dealkylation sites (tertiary alicyclic amines) is 2. The summed E-state index contributed by atoms with van der Waals surface area (Å²) in [6.45, 7) is 5.97. The number of para-hydroxylation sites is 1. The summed E-state index contributed by atoms with van der Waals surface area (Å²) in [5.74, 6) is 1.81. The Bertz CT molecular complexity index is 971. The Morgan fingerprint density at radius 1 is 0.917 bits per heavy atom. The molecule has 0 radical (unpaired) electrons. The van der Waals surface area contributed by atoms with Crippen LogP contribution in [0.4, 0.5) is 22.2 Å². The van der Waals surface area contributed by atoms with Gasteiger partial charge in [-0.15, -0.1) is 0 Å². The quantitative estimate of drug-likeness (QED) is 0.666. The number of carbonyl (C=O) groups is 1. The zero-order chi connectivity index (χ0) is 24.7. The lowest BCUT2D eigenvalue weighted by atomic mass is 9.98. The molecule has 1 atom stereocenters. The average molecular weight is 492 g/mol. The molecule has 1 N–H and O–H groups in total. The zero-order valence-corrected chi connectivity index (χ0v) is 21.7. The van der Waals surface area contributed by atoms with Gasteiger partial charge in [-0.3, -0.25) is 9.80 Å². The number of rotatable bonds is 5. The van der Waals surface area contributed by atoms with Crippen molar-refractivity contribution in [3.8, 4) is 0 Å². The van der Waals surface area contributed by atoms with Gasteiger partial charge in [0.15, 0.2) is 0 Å². The first-order valence-electron chi connectivity index (χ1n) is 13.8. The van der Waals surface area contributed by atoms with Crippen LogP contribution < -0.4 is 15.1 Å². The minimum Gasteiger partial charge on any atom is -0.356 e. The van der Waals surface area contributed by atoms with Crippen molar-refractivity contribution >= 4 is 23.5 Å². The lowest BCUT2D eigenvalue weighted by molar-refractivity contribution is 0.0985. The van der Waals surface area contributed by atoms with Gasteiger partial charge in [-0.2, -0.15) is 4.98 Å². The van der Waals surface area contributed by atoms with E-state index in [9.17, 15) is 4.79 Å². The van der Waals surface area contributed by atoms with Crippen molar-refractivity contribution in [1.29, 1.82) is 0 Å². The highest BCUT2D eigenvalue weighted by Crippen LogP contribution is 2.24. The van der Waals surface area contributed by atoms with Gasteiger partial charge in [0.05, 0.1) is 0 Å². The second-order valence-electron chi connectivity index (χ2n) is 10.5. The average Bonchev–Trinajstić information content (AvgIpc) is 3.23. The number of urea groups is 1. The van der Waals surface area contributed by atoms with Crippen LogP contribution in [-0.2, 0) is 0 Å². The Morgan fingerprint density at radius 3 is 2.42 bits per heavy atom. The van der Waals surface area contributed by atoms with Crippen LogP contribution in [-0.4, -0.2) is 84.2 Å². The van der Waals surface area contributed by atoms with Crippen LogP contribution in [0.1, 0.15) is 51.4 Å². The first-order valence-corrected chi connectivity index (χ1v) is 13.8. The minimum absolute atomic E-state index is 0.0966. The third-order valence-electron chi connectivity index (χ3n) is 8.04. The van der Waals surface area contributed by atoms with Crippen LogP contribution in [0.5, 0.6) is 0 Å². The SMILES string of the molecule is CN(C(=O)N1CCC(N2CCCC(Nc3nccc(N4CCCCCC4)n3)C2)CC1)c1ccccc1. The van der Waals surface area contributed by atoms with E-state index >= 15 is 0 Å². The lowest BCUT2D eigenvalue weighted by Crippen LogP contribution is -2.53. The minimum atomic E-state index is 0.0966. The van der Waals surface area contributed by atoms with Gasteiger partial charge in [-0.05, 0) is 63.3 Å². The molecule has 4 heterocycles. The van der Waals surface area contributed by atoms with E-state index in [1.807, 2.05) is 54.5 Å². The molecule has 2 aromatic rings. The van der Waals surface area contributed by atoms with Gasteiger partial charge in [0.25, 0.3) is 0 Å². The number of anilines is 3. The molecule has 5 rings (SSSR count). The van der Waals surface area contributed by atoms with E-state index in [-0.39, 0.29) is 6.03 Å². The number of nitrogens with one attached hydrogen (secondary N) is 1. The topological polar surface area (TPSA) is 67.8 Å². The highest BCUT2D eigenvalue weighted by atomic mass is 16.2. The molecule has 1 unspecified atom stereocenters. The van der Waals surface area contributed by atoms with Crippen LogP contribution in [0.15, 0.2) is 42.6 Å². The van der Waals surface area contributed by atoms with E-state index < -0.39 is 0 Å². The summed E-state index contributed by atoms with van der Waals surface area (Å²) < 4.78 is 0. The van der Waals surface area contributed by atoms with Gasteiger partial charge in [0.1, 0.15) is 5.82 Å². The molecular weight excluding hydrogens is 450 g/mol. The Hall–Kier alpha value is -2.87. The number of hydrogen-bond donors (Lipinski definition) is 1. The molecule has 0 spiro atoms. The van der Waals surface area contributed by atoms with Crippen LogP contribution >= 0.6 is 0 Å². The van der Waals surface area contributed by atoms with Crippen LogP contribution in [0.3, 0.4) is 0 Å². The van der Waals surface area contributed by atoms with Crippen LogP contribution in [0, 0.1) is 0 Å². The second-order valence-corrected chi connectivity index (χ2v) is 10.5. The molecule has 8 heteroatoms. The van der Waals surface area contributed by atoms with Crippen molar-refractivity contribution in [3.05, 3.63) is 42.6 Å². The van der Waals surface area contributed by atoms with E-state index in [1.54, 1.807) is 4.90 Å². The molecule has 3 aliphatic heterocycles. The predicted octanol–water partition coefficient (Wildman–Crippen LogP) is 4.45. The third-order valence-corrected chi connectivity index (χ3v) is 8.04. The van der Waals surface area contributed by atoms with Crippen LogP contribution in [0.25, 0.3) is 0 Å². The fourth-order valence-corrected chi connectivity index (χ4v) is 5.93. The molecular formula is C28H41N7O. The molecule has 1 aromatic heterocycles. The van der Waals surface area contributed by atoms with Gasteiger partial charge in [-0.1, -0.05) is 31.0 Å². The predicted molar refractivity (Wildman–Crippen MR) is 146 cm³/mol. The maximum atomic E-state index is 13.0. The molecule has 1 aromatic carbocycles. The van der Waals surface area contributed by atoms with E-state index in [0.717, 1.165) is 76.0 Å². The molecule has 2 amide bonds. The van der Waals surface area contributed by atoms with Crippen molar-refractivity contribution in [1.82, 2.24) is 19.8 Å². The molecule has 0 bridgehead atoms. The summed E-state index contributed by atoms with van der Waals surface area (Å²) in [5, 5.41) is 3.64. The Kier molecular flexibility index (Phi) is 8.21. The highest BCUT2D eigenvalue weighted by molar-refractivity contribution is 5.91. The molecule has 0 saturated carbocycles. The van der Waals surface area contributed by atoms with Crippen molar-refractivity contribution in [2.24, 2.45) is 0 Å². The second kappa shape index (κ2) is 11.9. The smallest absolute Gasteiger partial charge is 0.324 e. The van der Waals surface area contributed by atoms with E-state index in [4.69, 9.17) is 4.98 Å². The van der Waals surface area contributed by atoms with E-state index in [2.05, 4.69) is 20.1 Å². The van der Waals surface area contributed by atoms with Gasteiger partial charge >= 0.3 is 6.03 Å². The molecule has 36 heavy (non-hydrogen) atoms. The van der Waals surface area contributed by atoms with Gasteiger partial charge < -0.3 is 15.1 Å². The molecule has 194 valence electrons. The fourth-order valence-electron chi connectivity index (χ4n) is 5.93. The Labute approximate surface area is 215 Å². The number of amides is 2. The van der Waals surface area contributed by atoms with Crippen molar-refractivity contribution in [3.63, 3.8) is 0 Å². The van der Waals surface area contributed by atoms with Crippen LogP contribution in [0.2, 0.25) is 0 Å². The maximum Gasteiger partial charge on any atom is 0.324 e. The molecule has 0 aliphatic carbocycles. The van der Waals surface area contributed by atoms with E-state index in [1.165, 1.54) is 32.1 Å². The number of piperidine rings is 2. The first kappa shape index (κ1) is 24.8. The number of aromatic nitrogens is 2. The summed E-state index contributed by atoms with van der Waals surface area (Å²) in [6.07, 6.45) is 11.4. The summed E-state index contributed by atoms with van der Waals surface area (Å²) >= 11 is 0. The summed E-state index contributed by atoms with van der Waals surface area (Å²) in [7, 11) is 1.87. The molecule has 3 saturated heterocycles. The monoisotopic (exact) mass is 491 g/mol. The molecule has 3 fully saturated rings. The standard InChI is InChI=1S/C28H41N7O/c1-32(24-11-5-4-6-12-24)28(36)34-20-14-25(15-21-34)35-19-9-10-23(22-35)30-27-29-16-13-26(31-27)33-17-7-2-3-8-18-33/h4-6,11-13,16,23,25H,2-3,7-10,14-15,17-22H2,1H3,(H,29,30,31). The highest BCUT2D eigenvalue weighted by Gasteiger charge is 2.31. The van der Waals surface area contributed by atoms with Crippen molar-refractivity contribution in [2.45, 2.75) is 63.5 Å². The van der Waals surface area contributed by atoms with Gasteiger partial charge in [0, 0.05) is 63.7 Å². The van der Waals surface area contributed by atoms with Crippen molar-refractivity contribution in [2.75, 3.05) is 61.4 Å². The lowest BCUT2D eigenvalue weighted by Gasteiger charge is -2.43. The zero-order valence-electron chi connectivity index (χ0n) is 21.7. The summed E-state index contributed by atoms with van der Waals surface area (Å²) in [5.41, 5.74) is 0.941. The largest absolute Gasteiger partial charge is 0.356 e. The summed E-state index contributed by atoms with van der Waals surface area (Å²) in [6, 6.07) is 12.9.